The molecule has 1 amide bonds. The van der Waals surface area contributed by atoms with E-state index in [1.807, 2.05) is 24.3 Å². The van der Waals surface area contributed by atoms with Crippen molar-refractivity contribution in [3.8, 4) is 11.5 Å². The SMILES string of the molecule is COc1ccc(CNC23CCC(NC(=O)COc4ccc(Cl)c(F)c4)(CC2)C(O)C3)cc1. The summed E-state index contributed by atoms with van der Waals surface area (Å²) in [7, 11) is 1.65. The molecule has 3 N–H and O–H groups in total. The second-order valence-electron chi connectivity index (χ2n) is 8.77. The molecule has 172 valence electrons. The molecule has 5 rings (SSSR count). The van der Waals surface area contributed by atoms with Crippen molar-refractivity contribution in [1.29, 1.82) is 0 Å². The number of aliphatic hydroxyl groups excluding tert-OH is 1. The van der Waals surface area contributed by atoms with Crippen molar-refractivity contribution in [3.63, 3.8) is 0 Å². The number of fused-ring (bicyclic) bond motifs is 3. The van der Waals surface area contributed by atoms with E-state index >= 15 is 0 Å². The van der Waals surface area contributed by atoms with Crippen LogP contribution in [0.1, 0.15) is 37.7 Å². The summed E-state index contributed by atoms with van der Waals surface area (Å²) < 4.78 is 24.1. The molecule has 6 nitrogen and oxygen atoms in total. The van der Waals surface area contributed by atoms with E-state index in [0.29, 0.717) is 25.8 Å². The first-order valence-electron chi connectivity index (χ1n) is 10.8. The number of halogens is 2. The number of hydrogen-bond donors (Lipinski definition) is 3. The Bertz CT molecular complexity index is 961. The smallest absolute Gasteiger partial charge is 0.258 e. The Kier molecular flexibility index (Phi) is 6.60. The zero-order valence-electron chi connectivity index (χ0n) is 18.0. The lowest BCUT2D eigenvalue weighted by Crippen LogP contribution is -2.69. The van der Waals surface area contributed by atoms with Crippen molar-refractivity contribution >= 4 is 17.5 Å². The van der Waals surface area contributed by atoms with Crippen LogP contribution in [-0.2, 0) is 11.3 Å². The highest BCUT2D eigenvalue weighted by atomic mass is 35.5. The van der Waals surface area contributed by atoms with Crippen molar-refractivity contribution in [2.24, 2.45) is 0 Å². The molecule has 2 bridgehead atoms. The Hall–Kier alpha value is -2.35. The van der Waals surface area contributed by atoms with Crippen LogP contribution in [0.3, 0.4) is 0 Å². The van der Waals surface area contributed by atoms with Gasteiger partial charge in [0.15, 0.2) is 6.61 Å². The predicted molar refractivity (Wildman–Crippen MR) is 119 cm³/mol. The molecule has 8 heteroatoms. The van der Waals surface area contributed by atoms with Crippen molar-refractivity contribution in [1.82, 2.24) is 10.6 Å². The second-order valence-corrected chi connectivity index (χ2v) is 9.18. The highest BCUT2D eigenvalue weighted by molar-refractivity contribution is 6.30. The van der Waals surface area contributed by atoms with E-state index in [1.165, 1.54) is 12.1 Å². The van der Waals surface area contributed by atoms with E-state index in [4.69, 9.17) is 21.1 Å². The van der Waals surface area contributed by atoms with Gasteiger partial charge in [0, 0.05) is 18.2 Å². The second kappa shape index (κ2) is 9.25. The summed E-state index contributed by atoms with van der Waals surface area (Å²) in [5.74, 6) is 0.120. The number of nitrogens with one attached hydrogen (secondary N) is 2. The molecule has 3 aliphatic rings. The fourth-order valence-electron chi connectivity index (χ4n) is 4.80. The van der Waals surface area contributed by atoms with E-state index in [9.17, 15) is 14.3 Å². The lowest BCUT2D eigenvalue weighted by atomic mass is 9.60. The molecular formula is C24H28ClFN2O4. The Balaban J connectivity index is 1.30. The van der Waals surface area contributed by atoms with Gasteiger partial charge in [-0.1, -0.05) is 23.7 Å². The summed E-state index contributed by atoms with van der Waals surface area (Å²) in [5, 5.41) is 17.5. The molecule has 1 atom stereocenters. The number of aliphatic hydroxyl groups is 1. The fourth-order valence-corrected chi connectivity index (χ4v) is 4.91. The quantitative estimate of drug-likeness (QED) is 0.558. The Morgan fingerprint density at radius 1 is 1.16 bits per heavy atom. The molecule has 2 aromatic rings. The average molecular weight is 463 g/mol. The zero-order chi connectivity index (χ0) is 22.8. The van der Waals surface area contributed by atoms with Crippen molar-refractivity contribution in [3.05, 3.63) is 58.9 Å². The topological polar surface area (TPSA) is 79.8 Å². The number of rotatable bonds is 8. The van der Waals surface area contributed by atoms with Crippen LogP contribution >= 0.6 is 11.6 Å². The monoisotopic (exact) mass is 462 g/mol. The number of carbonyl (C=O) groups is 1. The van der Waals surface area contributed by atoms with Gasteiger partial charge in [-0.2, -0.15) is 0 Å². The van der Waals surface area contributed by atoms with Gasteiger partial charge >= 0.3 is 0 Å². The van der Waals surface area contributed by atoms with E-state index in [0.717, 1.165) is 30.2 Å². The van der Waals surface area contributed by atoms with Gasteiger partial charge < -0.3 is 25.2 Å². The maximum absolute atomic E-state index is 13.5. The van der Waals surface area contributed by atoms with Gasteiger partial charge in [-0.15, -0.1) is 0 Å². The van der Waals surface area contributed by atoms with Crippen LogP contribution in [0.25, 0.3) is 0 Å². The average Bonchev–Trinajstić information content (AvgIpc) is 2.80. The predicted octanol–water partition coefficient (Wildman–Crippen LogP) is 3.59. The van der Waals surface area contributed by atoms with E-state index in [2.05, 4.69) is 10.6 Å². The number of carbonyl (C=O) groups excluding carboxylic acids is 1. The first-order chi connectivity index (χ1) is 15.3. The summed E-state index contributed by atoms with van der Waals surface area (Å²) >= 11 is 5.66. The molecule has 0 radical (unpaired) electrons. The third-order valence-electron chi connectivity index (χ3n) is 6.80. The summed E-state index contributed by atoms with van der Waals surface area (Å²) in [4.78, 5) is 12.5. The highest BCUT2D eigenvalue weighted by Gasteiger charge is 2.54. The summed E-state index contributed by atoms with van der Waals surface area (Å²) in [5.41, 5.74) is 0.374. The minimum absolute atomic E-state index is 0.00249. The van der Waals surface area contributed by atoms with Crippen LogP contribution in [0, 0.1) is 5.82 Å². The van der Waals surface area contributed by atoms with Crippen molar-refractivity contribution in [2.75, 3.05) is 13.7 Å². The lowest BCUT2D eigenvalue weighted by molar-refractivity contribution is -0.132. The van der Waals surface area contributed by atoms with Gasteiger partial charge in [0.2, 0.25) is 0 Å². The number of ether oxygens (including phenoxy) is 2. The van der Waals surface area contributed by atoms with E-state index < -0.39 is 17.5 Å². The lowest BCUT2D eigenvalue weighted by Gasteiger charge is -2.56. The largest absolute Gasteiger partial charge is 0.497 e. The first kappa shape index (κ1) is 22.8. The highest BCUT2D eigenvalue weighted by Crippen LogP contribution is 2.47. The molecule has 0 aliphatic heterocycles. The van der Waals surface area contributed by atoms with Gasteiger partial charge in [0.05, 0.1) is 23.8 Å². The normalized spacial score (nSPS) is 26.6. The van der Waals surface area contributed by atoms with Gasteiger partial charge in [-0.3, -0.25) is 4.79 Å². The molecule has 0 saturated heterocycles. The van der Waals surface area contributed by atoms with Crippen LogP contribution in [0.4, 0.5) is 4.39 Å². The standard InChI is InChI=1S/C24H28ClFN2O4/c1-31-17-4-2-16(3-5-17)14-27-23-8-10-24(11-9-23,21(29)13-23)28-22(30)15-32-18-6-7-19(25)20(26)12-18/h2-7,12,21,27,29H,8-11,13-15H2,1H3,(H,28,30). The number of methoxy groups -OCH3 is 1. The fraction of sp³-hybridized carbons (Fsp3) is 0.458. The maximum atomic E-state index is 13.5. The molecule has 3 fully saturated rings. The molecule has 1 unspecified atom stereocenters. The Morgan fingerprint density at radius 2 is 1.84 bits per heavy atom. The zero-order valence-corrected chi connectivity index (χ0v) is 18.8. The Morgan fingerprint density at radius 3 is 2.47 bits per heavy atom. The maximum Gasteiger partial charge on any atom is 0.258 e. The molecule has 32 heavy (non-hydrogen) atoms. The number of benzene rings is 2. The van der Waals surface area contributed by atoms with Crippen LogP contribution in [0.15, 0.2) is 42.5 Å². The summed E-state index contributed by atoms with van der Waals surface area (Å²) in [6, 6.07) is 12.0. The molecule has 0 spiro atoms. The summed E-state index contributed by atoms with van der Waals surface area (Å²) in [6.45, 7) is 0.456. The number of hydrogen-bond acceptors (Lipinski definition) is 5. The van der Waals surface area contributed by atoms with Crippen LogP contribution in [-0.4, -0.2) is 41.9 Å². The molecule has 3 saturated carbocycles. The van der Waals surface area contributed by atoms with Gasteiger partial charge in [-0.05, 0) is 61.9 Å². The van der Waals surface area contributed by atoms with Crippen LogP contribution in [0.2, 0.25) is 5.02 Å². The van der Waals surface area contributed by atoms with Crippen molar-refractivity contribution in [2.45, 2.75) is 55.8 Å². The van der Waals surface area contributed by atoms with Gasteiger partial charge in [-0.25, -0.2) is 4.39 Å². The van der Waals surface area contributed by atoms with Crippen molar-refractivity contribution < 1.29 is 23.8 Å². The third-order valence-corrected chi connectivity index (χ3v) is 7.10. The van der Waals surface area contributed by atoms with E-state index in [1.54, 1.807) is 7.11 Å². The Labute approximate surface area is 192 Å². The molecule has 0 heterocycles. The van der Waals surface area contributed by atoms with Crippen LogP contribution in [0.5, 0.6) is 11.5 Å². The number of amides is 1. The molecule has 0 aromatic heterocycles. The van der Waals surface area contributed by atoms with E-state index in [-0.39, 0.29) is 28.8 Å². The minimum Gasteiger partial charge on any atom is -0.497 e. The van der Waals surface area contributed by atoms with Gasteiger partial charge in [0.1, 0.15) is 17.3 Å². The molecular weight excluding hydrogens is 435 g/mol. The van der Waals surface area contributed by atoms with Crippen LogP contribution < -0.4 is 20.1 Å². The molecule has 2 aromatic carbocycles. The third kappa shape index (κ3) is 4.85. The minimum atomic E-state index is -0.648. The molecule has 3 aliphatic carbocycles. The first-order valence-corrected chi connectivity index (χ1v) is 11.2. The van der Waals surface area contributed by atoms with Gasteiger partial charge in [0.25, 0.3) is 5.91 Å². The summed E-state index contributed by atoms with van der Waals surface area (Å²) in [6.07, 6.45) is 3.03.